The number of rotatable bonds is 6. The first-order valence-corrected chi connectivity index (χ1v) is 8.17. The molecule has 0 aliphatic rings. The average Bonchev–Trinajstić information content (AvgIpc) is 2.58. The lowest BCUT2D eigenvalue weighted by atomic mass is 10.2. The molecule has 0 amide bonds. The molecular formula is C16H18BrFN4O2. The second-order valence-electron chi connectivity index (χ2n) is 5.15. The molecule has 1 aromatic carbocycles. The number of ether oxygens (including phenoxy) is 1. The van der Waals surface area contributed by atoms with Crippen molar-refractivity contribution in [1.29, 1.82) is 0 Å². The lowest BCUT2D eigenvalue weighted by molar-refractivity contribution is 0.0599. The van der Waals surface area contributed by atoms with Gasteiger partial charge in [-0.3, -0.25) is 0 Å². The Morgan fingerprint density at radius 3 is 2.88 bits per heavy atom. The minimum Gasteiger partial charge on any atom is -0.465 e. The largest absolute Gasteiger partial charge is 0.465 e. The molecule has 0 aliphatic carbocycles. The minimum absolute atomic E-state index is 0.0841. The Morgan fingerprint density at radius 1 is 1.46 bits per heavy atom. The van der Waals surface area contributed by atoms with Crippen molar-refractivity contribution in [2.75, 3.05) is 17.7 Å². The molecule has 1 atom stereocenters. The van der Waals surface area contributed by atoms with Gasteiger partial charge in [-0.05, 0) is 47.5 Å². The molecule has 128 valence electrons. The second-order valence-corrected chi connectivity index (χ2v) is 6.01. The molecule has 0 fully saturated rings. The maximum absolute atomic E-state index is 13.8. The van der Waals surface area contributed by atoms with Crippen molar-refractivity contribution in [2.45, 2.75) is 26.3 Å². The third-order valence-electron chi connectivity index (χ3n) is 3.37. The van der Waals surface area contributed by atoms with Crippen LogP contribution < -0.4 is 10.6 Å². The van der Waals surface area contributed by atoms with Crippen LogP contribution >= 0.6 is 15.9 Å². The van der Waals surface area contributed by atoms with Crippen LogP contribution in [-0.4, -0.2) is 29.1 Å². The molecule has 8 heteroatoms. The molecule has 0 aliphatic heterocycles. The molecule has 0 saturated heterocycles. The first-order valence-electron chi connectivity index (χ1n) is 7.38. The number of carbonyl (C=O) groups is 1. The van der Waals surface area contributed by atoms with Crippen LogP contribution in [0.15, 0.2) is 28.9 Å². The van der Waals surface area contributed by atoms with Crippen molar-refractivity contribution in [3.8, 4) is 0 Å². The van der Waals surface area contributed by atoms with Gasteiger partial charge in [-0.2, -0.15) is 4.98 Å². The molecule has 2 rings (SSSR count). The van der Waals surface area contributed by atoms with Crippen LogP contribution in [0.5, 0.6) is 0 Å². The fraction of sp³-hybridized carbons (Fsp3) is 0.312. The van der Waals surface area contributed by atoms with Crippen molar-refractivity contribution in [2.24, 2.45) is 0 Å². The van der Waals surface area contributed by atoms with Crippen molar-refractivity contribution in [3.05, 3.63) is 40.2 Å². The smallest absolute Gasteiger partial charge is 0.339 e. The molecular weight excluding hydrogens is 379 g/mol. The van der Waals surface area contributed by atoms with Gasteiger partial charge in [-0.25, -0.2) is 14.2 Å². The van der Waals surface area contributed by atoms with Gasteiger partial charge in [0.2, 0.25) is 5.95 Å². The van der Waals surface area contributed by atoms with E-state index < -0.39 is 11.8 Å². The molecule has 1 heterocycles. The van der Waals surface area contributed by atoms with E-state index in [1.165, 1.54) is 7.11 Å². The molecule has 0 bridgehead atoms. The van der Waals surface area contributed by atoms with Crippen LogP contribution in [0.3, 0.4) is 0 Å². The van der Waals surface area contributed by atoms with E-state index in [4.69, 9.17) is 4.74 Å². The SMILES string of the molecule is CCC(C)Nc1nc(Nc2ccc(Br)c(C(=O)OC)c2)ncc1F. The summed E-state index contributed by atoms with van der Waals surface area (Å²) in [5, 5.41) is 5.94. The molecule has 0 saturated carbocycles. The highest BCUT2D eigenvalue weighted by molar-refractivity contribution is 9.10. The Balaban J connectivity index is 2.25. The van der Waals surface area contributed by atoms with E-state index >= 15 is 0 Å². The predicted molar refractivity (Wildman–Crippen MR) is 94.1 cm³/mol. The van der Waals surface area contributed by atoms with E-state index in [0.29, 0.717) is 15.7 Å². The van der Waals surface area contributed by atoms with Gasteiger partial charge in [0.25, 0.3) is 0 Å². The lowest BCUT2D eigenvalue weighted by Gasteiger charge is -2.14. The number of nitrogens with one attached hydrogen (secondary N) is 2. The fourth-order valence-electron chi connectivity index (χ4n) is 1.86. The molecule has 0 spiro atoms. The zero-order valence-corrected chi connectivity index (χ0v) is 15.1. The normalized spacial score (nSPS) is 11.7. The molecule has 2 aromatic rings. The fourth-order valence-corrected chi connectivity index (χ4v) is 2.27. The van der Waals surface area contributed by atoms with Gasteiger partial charge < -0.3 is 15.4 Å². The molecule has 2 N–H and O–H groups in total. The number of esters is 1. The number of carbonyl (C=O) groups excluding carboxylic acids is 1. The van der Waals surface area contributed by atoms with E-state index in [1.807, 2.05) is 13.8 Å². The van der Waals surface area contributed by atoms with Gasteiger partial charge in [0.05, 0.1) is 18.9 Å². The highest BCUT2D eigenvalue weighted by atomic mass is 79.9. The van der Waals surface area contributed by atoms with E-state index in [9.17, 15) is 9.18 Å². The van der Waals surface area contributed by atoms with E-state index in [2.05, 4.69) is 36.5 Å². The van der Waals surface area contributed by atoms with Crippen LogP contribution in [-0.2, 0) is 4.74 Å². The van der Waals surface area contributed by atoms with Gasteiger partial charge in [0.15, 0.2) is 11.6 Å². The third-order valence-corrected chi connectivity index (χ3v) is 4.06. The summed E-state index contributed by atoms with van der Waals surface area (Å²) in [4.78, 5) is 19.8. The van der Waals surface area contributed by atoms with Crippen LogP contribution in [0.1, 0.15) is 30.6 Å². The van der Waals surface area contributed by atoms with Crippen molar-refractivity contribution >= 4 is 39.4 Å². The highest BCUT2D eigenvalue weighted by Crippen LogP contribution is 2.24. The number of hydrogen-bond acceptors (Lipinski definition) is 6. The van der Waals surface area contributed by atoms with Crippen LogP contribution in [0.25, 0.3) is 0 Å². The third kappa shape index (κ3) is 4.41. The number of hydrogen-bond donors (Lipinski definition) is 2. The van der Waals surface area contributed by atoms with Crippen molar-refractivity contribution < 1.29 is 13.9 Å². The number of benzene rings is 1. The summed E-state index contributed by atoms with van der Waals surface area (Å²) in [6, 6.07) is 5.13. The van der Waals surface area contributed by atoms with Gasteiger partial charge >= 0.3 is 5.97 Å². The Bertz CT molecular complexity index is 742. The summed E-state index contributed by atoms with van der Waals surface area (Å²) in [7, 11) is 1.31. The monoisotopic (exact) mass is 396 g/mol. The number of nitrogens with zero attached hydrogens (tertiary/aromatic N) is 2. The molecule has 1 aromatic heterocycles. The Morgan fingerprint density at radius 2 is 2.21 bits per heavy atom. The first-order chi connectivity index (χ1) is 11.4. The number of anilines is 3. The zero-order valence-electron chi connectivity index (χ0n) is 13.6. The highest BCUT2D eigenvalue weighted by Gasteiger charge is 2.13. The van der Waals surface area contributed by atoms with E-state index in [0.717, 1.165) is 12.6 Å². The van der Waals surface area contributed by atoms with Crippen LogP contribution in [0, 0.1) is 5.82 Å². The van der Waals surface area contributed by atoms with Gasteiger partial charge in [0.1, 0.15) is 0 Å². The van der Waals surface area contributed by atoms with Crippen molar-refractivity contribution in [3.63, 3.8) is 0 Å². The standard InChI is InChI=1S/C16H18BrFN4O2/c1-4-9(2)20-14-13(18)8-19-16(22-14)21-10-5-6-12(17)11(7-10)15(23)24-3/h5-9H,4H2,1-3H3,(H2,19,20,21,22). The molecule has 6 nitrogen and oxygen atoms in total. The quantitative estimate of drug-likeness (QED) is 0.715. The predicted octanol–water partition coefficient (Wildman–Crippen LogP) is 4.12. The Labute approximate surface area is 148 Å². The van der Waals surface area contributed by atoms with Gasteiger partial charge in [-0.1, -0.05) is 6.92 Å². The number of methoxy groups -OCH3 is 1. The summed E-state index contributed by atoms with van der Waals surface area (Å²) in [6.45, 7) is 3.93. The van der Waals surface area contributed by atoms with Crippen LogP contribution in [0.4, 0.5) is 21.8 Å². The summed E-state index contributed by atoms with van der Waals surface area (Å²) in [6.07, 6.45) is 1.93. The lowest BCUT2D eigenvalue weighted by Crippen LogP contribution is -2.16. The van der Waals surface area contributed by atoms with E-state index in [1.54, 1.807) is 18.2 Å². The topological polar surface area (TPSA) is 76.1 Å². The molecule has 0 radical (unpaired) electrons. The second kappa shape index (κ2) is 8.05. The maximum atomic E-state index is 13.8. The summed E-state index contributed by atoms with van der Waals surface area (Å²) in [5.74, 6) is -0.635. The molecule has 24 heavy (non-hydrogen) atoms. The van der Waals surface area contributed by atoms with Crippen LogP contribution in [0.2, 0.25) is 0 Å². The Hall–Kier alpha value is -2.22. The Kier molecular flexibility index (Phi) is 6.08. The minimum atomic E-state index is -0.521. The number of halogens is 2. The van der Waals surface area contributed by atoms with Gasteiger partial charge in [-0.15, -0.1) is 0 Å². The average molecular weight is 397 g/mol. The zero-order chi connectivity index (χ0) is 17.7. The number of aromatic nitrogens is 2. The first kappa shape index (κ1) is 18.1. The van der Waals surface area contributed by atoms with E-state index in [-0.39, 0.29) is 17.8 Å². The summed E-state index contributed by atoms with van der Waals surface area (Å²) < 4.78 is 19.1. The molecule has 1 unspecified atom stereocenters. The van der Waals surface area contributed by atoms with Crippen molar-refractivity contribution in [1.82, 2.24) is 9.97 Å². The summed E-state index contributed by atoms with van der Waals surface area (Å²) in [5.41, 5.74) is 0.947. The maximum Gasteiger partial charge on any atom is 0.339 e. The summed E-state index contributed by atoms with van der Waals surface area (Å²) >= 11 is 3.29. The van der Waals surface area contributed by atoms with Gasteiger partial charge in [0, 0.05) is 16.2 Å².